The third-order valence-corrected chi connectivity index (χ3v) is 5.54. The third kappa shape index (κ3) is 3.95. The average molecular weight is 373 g/mol. The highest BCUT2D eigenvalue weighted by Gasteiger charge is 2.49. The van der Waals surface area contributed by atoms with Gasteiger partial charge >= 0.3 is 0 Å². The van der Waals surface area contributed by atoms with Crippen molar-refractivity contribution in [1.82, 2.24) is 0 Å². The van der Waals surface area contributed by atoms with Crippen LogP contribution in [-0.4, -0.2) is 22.3 Å². The van der Waals surface area contributed by atoms with E-state index in [0.717, 1.165) is 12.8 Å². The van der Waals surface area contributed by atoms with Gasteiger partial charge in [0, 0.05) is 5.92 Å². The zero-order valence-electron chi connectivity index (χ0n) is 17.6. The number of carbonyl (C=O) groups is 2. The molecule has 0 aromatic rings. The lowest BCUT2D eigenvalue weighted by Crippen LogP contribution is -2.42. The molecule has 1 heterocycles. The summed E-state index contributed by atoms with van der Waals surface area (Å²) in [5.41, 5.74) is 0.0595. The molecule has 0 spiro atoms. The van der Waals surface area contributed by atoms with Crippen molar-refractivity contribution < 1.29 is 19.4 Å². The molecule has 1 N–H and O–H groups in total. The Morgan fingerprint density at radius 1 is 1.30 bits per heavy atom. The molecule has 2 aliphatic rings. The van der Waals surface area contributed by atoms with Crippen LogP contribution in [0.3, 0.4) is 0 Å². The van der Waals surface area contributed by atoms with Crippen LogP contribution in [-0.2, 0) is 14.3 Å². The Hall–Kier alpha value is -2.10. The Morgan fingerprint density at radius 2 is 1.93 bits per heavy atom. The Kier molecular flexibility index (Phi) is 5.88. The minimum Gasteiger partial charge on any atom is -0.506 e. The Balaban J connectivity index is 2.45. The van der Waals surface area contributed by atoms with Gasteiger partial charge in [-0.05, 0) is 66.0 Å². The lowest BCUT2D eigenvalue weighted by Gasteiger charge is -2.41. The lowest BCUT2D eigenvalue weighted by molar-refractivity contribution is -0.129. The van der Waals surface area contributed by atoms with Crippen LogP contribution in [0.1, 0.15) is 67.7 Å². The van der Waals surface area contributed by atoms with Crippen molar-refractivity contribution in [2.45, 2.75) is 73.3 Å². The smallest absolute Gasteiger partial charge is 0.183 e. The molecule has 0 amide bonds. The summed E-state index contributed by atoms with van der Waals surface area (Å²) in [5, 5.41) is 10.7. The number of hydrogen-bond acceptors (Lipinski definition) is 4. The van der Waals surface area contributed by atoms with E-state index in [0.29, 0.717) is 17.8 Å². The predicted octanol–water partition coefficient (Wildman–Crippen LogP) is 5.37. The maximum absolute atomic E-state index is 13.1. The van der Waals surface area contributed by atoms with E-state index < -0.39 is 11.0 Å². The van der Waals surface area contributed by atoms with Crippen LogP contribution in [0.2, 0.25) is 0 Å². The molecule has 0 saturated carbocycles. The van der Waals surface area contributed by atoms with E-state index in [-0.39, 0.29) is 28.8 Å². The van der Waals surface area contributed by atoms with Crippen LogP contribution in [0.4, 0.5) is 0 Å². The van der Waals surface area contributed by atoms with Gasteiger partial charge in [-0.1, -0.05) is 25.5 Å². The van der Waals surface area contributed by atoms with Gasteiger partial charge in [0.05, 0.1) is 11.0 Å². The molecule has 2 atom stereocenters. The molecule has 0 radical (unpaired) electrons. The summed E-state index contributed by atoms with van der Waals surface area (Å²) in [7, 11) is 0. The Labute approximate surface area is 162 Å². The van der Waals surface area contributed by atoms with Gasteiger partial charge in [0.25, 0.3) is 0 Å². The average Bonchev–Trinajstić information content (AvgIpc) is 2.59. The van der Waals surface area contributed by atoms with Gasteiger partial charge in [0.15, 0.2) is 11.6 Å². The van der Waals surface area contributed by atoms with Crippen molar-refractivity contribution in [3.63, 3.8) is 0 Å². The van der Waals surface area contributed by atoms with Crippen LogP contribution in [0.15, 0.2) is 46.5 Å². The Morgan fingerprint density at radius 3 is 2.48 bits per heavy atom. The van der Waals surface area contributed by atoms with Crippen molar-refractivity contribution in [3.05, 3.63) is 46.5 Å². The predicted molar refractivity (Wildman–Crippen MR) is 107 cm³/mol. The van der Waals surface area contributed by atoms with Gasteiger partial charge in [-0.15, -0.1) is 0 Å². The number of allylic oxidation sites excluding steroid dienone is 5. The lowest BCUT2D eigenvalue weighted by atomic mass is 9.71. The van der Waals surface area contributed by atoms with Crippen molar-refractivity contribution in [3.8, 4) is 0 Å². The Bertz CT molecular complexity index is 772. The molecule has 0 bridgehead atoms. The highest BCUT2D eigenvalue weighted by molar-refractivity contribution is 6.24. The van der Waals surface area contributed by atoms with E-state index >= 15 is 0 Å². The maximum atomic E-state index is 13.1. The second-order valence-corrected chi connectivity index (χ2v) is 8.66. The van der Waals surface area contributed by atoms with Crippen LogP contribution in [0.5, 0.6) is 0 Å². The topological polar surface area (TPSA) is 63.6 Å². The molecule has 27 heavy (non-hydrogen) atoms. The summed E-state index contributed by atoms with van der Waals surface area (Å²) in [4.78, 5) is 25.8. The first-order valence-corrected chi connectivity index (χ1v) is 9.73. The molecule has 1 aliphatic heterocycles. The number of carbonyl (C=O) groups excluding carboxylic acids is 2. The molecule has 0 fully saturated rings. The number of aliphatic hydroxyl groups is 1. The molecular formula is C23H32O4. The van der Waals surface area contributed by atoms with Gasteiger partial charge in [0.2, 0.25) is 0 Å². The number of aliphatic hydroxyl groups excluding tert-OH is 1. The number of hydrogen-bond donors (Lipinski definition) is 1. The largest absolute Gasteiger partial charge is 0.506 e. The van der Waals surface area contributed by atoms with Gasteiger partial charge < -0.3 is 9.84 Å². The molecule has 4 nitrogen and oxygen atoms in total. The first kappa shape index (κ1) is 21.2. The molecule has 4 heteroatoms. The summed E-state index contributed by atoms with van der Waals surface area (Å²) in [6.07, 6.45) is 8.11. The summed E-state index contributed by atoms with van der Waals surface area (Å²) in [5.74, 6) is -0.780. The molecular weight excluding hydrogens is 340 g/mol. The highest BCUT2D eigenvalue weighted by atomic mass is 16.5. The normalized spacial score (nSPS) is 25.1. The monoisotopic (exact) mass is 372 g/mol. The van der Waals surface area contributed by atoms with Gasteiger partial charge in [-0.25, -0.2) is 0 Å². The molecule has 0 aromatic heterocycles. The maximum Gasteiger partial charge on any atom is 0.183 e. The minimum atomic E-state index is -0.997. The van der Waals surface area contributed by atoms with Gasteiger partial charge in [-0.2, -0.15) is 0 Å². The fraction of sp³-hybridized carbons (Fsp3) is 0.565. The zero-order chi connectivity index (χ0) is 20.6. The highest BCUT2D eigenvalue weighted by Crippen LogP contribution is 2.46. The molecule has 2 unspecified atom stereocenters. The van der Waals surface area contributed by atoms with E-state index in [1.165, 1.54) is 5.57 Å². The van der Waals surface area contributed by atoms with Crippen LogP contribution >= 0.6 is 0 Å². The van der Waals surface area contributed by atoms with Gasteiger partial charge in [-0.3, -0.25) is 9.59 Å². The molecule has 2 rings (SSSR count). The first-order valence-electron chi connectivity index (χ1n) is 9.73. The third-order valence-electron chi connectivity index (χ3n) is 5.54. The van der Waals surface area contributed by atoms with Crippen molar-refractivity contribution >= 4 is 11.6 Å². The number of ketones is 2. The summed E-state index contributed by atoms with van der Waals surface area (Å²) < 4.78 is 6.27. The standard InChI is InChI=1S/C23H32O4/c1-8-15(4)18(24)17-19(25)16-11-13-23(7,12-9-10-14(2)3)27-21(16)22(5,6)20(17)26/h10-11,13,15,25H,8-9,12H2,1-7H3. The van der Waals surface area contributed by atoms with E-state index in [9.17, 15) is 14.7 Å². The number of ether oxygens (including phenoxy) is 1. The molecule has 0 aromatic carbocycles. The second kappa shape index (κ2) is 7.49. The number of Topliss-reactive ketones (excluding diaryl/α,β-unsaturated/α-hetero) is 2. The van der Waals surface area contributed by atoms with Crippen molar-refractivity contribution in [1.29, 1.82) is 0 Å². The SMILES string of the molecule is CCC(C)C(=O)C1=C(O)C2=C(OC(C)(CCC=C(C)C)C=C2)C(C)(C)C1=O. The van der Waals surface area contributed by atoms with Gasteiger partial charge in [0.1, 0.15) is 22.7 Å². The number of rotatable bonds is 6. The first-order chi connectivity index (χ1) is 12.4. The fourth-order valence-electron chi connectivity index (χ4n) is 3.41. The fourth-order valence-corrected chi connectivity index (χ4v) is 3.41. The minimum absolute atomic E-state index is 0.0884. The van der Waals surface area contributed by atoms with Crippen molar-refractivity contribution in [2.24, 2.45) is 11.3 Å². The van der Waals surface area contributed by atoms with E-state index in [1.54, 1.807) is 26.8 Å². The molecule has 148 valence electrons. The molecule has 1 aliphatic carbocycles. The summed E-state index contributed by atoms with van der Waals surface area (Å²) >= 11 is 0. The summed E-state index contributed by atoms with van der Waals surface area (Å²) in [6, 6.07) is 0. The van der Waals surface area contributed by atoms with Crippen molar-refractivity contribution in [2.75, 3.05) is 0 Å². The van der Waals surface area contributed by atoms with E-state index in [1.807, 2.05) is 19.9 Å². The van der Waals surface area contributed by atoms with Crippen LogP contribution < -0.4 is 0 Å². The second-order valence-electron chi connectivity index (χ2n) is 8.66. The van der Waals surface area contributed by atoms with Crippen LogP contribution in [0, 0.1) is 11.3 Å². The zero-order valence-corrected chi connectivity index (χ0v) is 17.6. The quantitative estimate of drug-likeness (QED) is 0.503. The summed E-state index contributed by atoms with van der Waals surface area (Å²) in [6.45, 7) is 13.3. The van der Waals surface area contributed by atoms with Crippen LogP contribution in [0.25, 0.3) is 0 Å². The van der Waals surface area contributed by atoms with E-state index in [4.69, 9.17) is 4.74 Å². The molecule has 0 saturated heterocycles. The van der Waals surface area contributed by atoms with E-state index in [2.05, 4.69) is 19.9 Å².